The van der Waals surface area contributed by atoms with Crippen LogP contribution in [0.1, 0.15) is 0 Å². The van der Waals surface area contributed by atoms with Crippen molar-refractivity contribution in [1.82, 2.24) is 0 Å². The van der Waals surface area contributed by atoms with E-state index < -0.39 is 15.0 Å². The Morgan fingerprint density at radius 2 is 1.86 bits per heavy atom. The molecule has 14 heavy (non-hydrogen) atoms. The lowest BCUT2D eigenvalue weighted by Gasteiger charge is -2.00. The van der Waals surface area contributed by atoms with Gasteiger partial charge in [0.05, 0.1) is 18.0 Å². The smallest absolute Gasteiger partial charge is 0.283 e. The number of benzene rings is 1. The van der Waals surface area contributed by atoms with Crippen molar-refractivity contribution in [3.05, 3.63) is 41.0 Å². The van der Waals surface area contributed by atoms with Crippen LogP contribution in [0.2, 0.25) is 0 Å². The van der Waals surface area contributed by atoms with Crippen molar-refractivity contribution in [2.24, 2.45) is 0 Å². The van der Waals surface area contributed by atoms with Gasteiger partial charge in [-0.3, -0.25) is 9.40 Å². The molecule has 0 heterocycles. The van der Waals surface area contributed by atoms with Crippen LogP contribution in [0.15, 0.2) is 23.1 Å². The fourth-order valence-corrected chi connectivity index (χ4v) is 1.57. The molecule has 0 radical (unpaired) electrons. The molecule has 6 heteroatoms. The SMILES string of the molecule is [C-]#[N+]c1cccc(S(=O)(=O)O)c1[N+]#[C-]. The second-order valence-electron chi connectivity index (χ2n) is 2.32. The summed E-state index contributed by atoms with van der Waals surface area (Å²) in [4.78, 5) is 5.35. The molecule has 0 aliphatic heterocycles. The molecule has 0 saturated heterocycles. The summed E-state index contributed by atoms with van der Waals surface area (Å²) in [6, 6.07) is 3.69. The van der Waals surface area contributed by atoms with Crippen LogP contribution in [0.4, 0.5) is 11.4 Å². The molecule has 1 rings (SSSR count). The van der Waals surface area contributed by atoms with Gasteiger partial charge in [0.2, 0.25) is 5.69 Å². The van der Waals surface area contributed by atoms with Crippen LogP contribution in [-0.4, -0.2) is 13.0 Å². The zero-order valence-electron chi connectivity index (χ0n) is 6.80. The Bertz CT molecular complexity index is 549. The van der Waals surface area contributed by atoms with Gasteiger partial charge < -0.3 is 0 Å². The molecule has 0 bridgehead atoms. The standard InChI is InChI=1S/C8H4N2O3S/c1-9-6-4-3-5-7(8(6)10-2)14(11,12)13/h3-5H,(H,11,12,13). The van der Waals surface area contributed by atoms with E-state index in [-0.39, 0.29) is 11.4 Å². The lowest BCUT2D eigenvalue weighted by molar-refractivity contribution is 0.484. The van der Waals surface area contributed by atoms with Crippen LogP contribution in [-0.2, 0) is 10.1 Å². The number of hydrogen-bond acceptors (Lipinski definition) is 2. The first kappa shape index (κ1) is 10.2. The predicted octanol–water partition coefficient (Wildman–Crippen LogP) is 2.03. The van der Waals surface area contributed by atoms with E-state index in [0.29, 0.717) is 0 Å². The molecular formula is C8H4N2O3S. The van der Waals surface area contributed by atoms with E-state index in [1.807, 2.05) is 0 Å². The van der Waals surface area contributed by atoms with Gasteiger partial charge in [-0.15, -0.1) is 0 Å². The molecule has 1 aromatic rings. The van der Waals surface area contributed by atoms with Gasteiger partial charge in [0.1, 0.15) is 0 Å². The highest BCUT2D eigenvalue weighted by molar-refractivity contribution is 7.86. The van der Waals surface area contributed by atoms with E-state index in [1.54, 1.807) is 0 Å². The molecule has 5 nitrogen and oxygen atoms in total. The Labute approximate surface area is 81.0 Å². The van der Waals surface area contributed by atoms with Crippen LogP contribution in [0.25, 0.3) is 9.69 Å². The second-order valence-corrected chi connectivity index (χ2v) is 3.71. The molecule has 0 aliphatic carbocycles. The van der Waals surface area contributed by atoms with Gasteiger partial charge in [-0.1, -0.05) is 18.2 Å². The van der Waals surface area contributed by atoms with Gasteiger partial charge in [-0.2, -0.15) is 8.42 Å². The van der Waals surface area contributed by atoms with Crippen molar-refractivity contribution in [2.75, 3.05) is 0 Å². The van der Waals surface area contributed by atoms with E-state index >= 15 is 0 Å². The maximum atomic E-state index is 10.8. The van der Waals surface area contributed by atoms with Crippen molar-refractivity contribution in [3.8, 4) is 0 Å². The predicted molar refractivity (Wildman–Crippen MR) is 48.8 cm³/mol. The maximum Gasteiger partial charge on any atom is 0.283 e. The maximum absolute atomic E-state index is 10.8. The highest BCUT2D eigenvalue weighted by Crippen LogP contribution is 2.34. The first-order chi connectivity index (χ1) is 6.50. The highest BCUT2D eigenvalue weighted by Gasteiger charge is 2.17. The Kier molecular flexibility index (Phi) is 2.52. The molecule has 0 unspecified atom stereocenters. The molecule has 0 aromatic heterocycles. The molecular weight excluding hydrogens is 204 g/mol. The normalized spacial score (nSPS) is 10.2. The summed E-state index contributed by atoms with van der Waals surface area (Å²) in [5.74, 6) is 0. The largest absolute Gasteiger partial charge is 0.283 e. The Morgan fingerprint density at radius 1 is 1.21 bits per heavy atom. The molecule has 1 N–H and O–H groups in total. The van der Waals surface area contributed by atoms with Gasteiger partial charge in [0.25, 0.3) is 10.1 Å². The summed E-state index contributed by atoms with van der Waals surface area (Å²) in [6.07, 6.45) is 0. The van der Waals surface area contributed by atoms with Crippen LogP contribution in [0, 0.1) is 13.1 Å². The number of rotatable bonds is 1. The summed E-state index contributed by atoms with van der Waals surface area (Å²) in [6.45, 7) is 13.4. The summed E-state index contributed by atoms with van der Waals surface area (Å²) in [7, 11) is -4.44. The minimum Gasteiger partial charge on any atom is -0.283 e. The van der Waals surface area contributed by atoms with E-state index in [9.17, 15) is 8.42 Å². The van der Waals surface area contributed by atoms with Crippen molar-refractivity contribution < 1.29 is 13.0 Å². The Morgan fingerprint density at radius 3 is 2.29 bits per heavy atom. The molecule has 0 fully saturated rings. The lowest BCUT2D eigenvalue weighted by atomic mass is 10.3. The monoisotopic (exact) mass is 208 g/mol. The van der Waals surface area contributed by atoms with Gasteiger partial charge in [0, 0.05) is 0 Å². The first-order valence-corrected chi connectivity index (χ1v) is 4.80. The van der Waals surface area contributed by atoms with E-state index in [4.69, 9.17) is 17.7 Å². The molecule has 0 amide bonds. The fraction of sp³-hybridized carbons (Fsp3) is 0. The quantitative estimate of drug-likeness (QED) is 0.567. The van der Waals surface area contributed by atoms with Crippen LogP contribution in [0.5, 0.6) is 0 Å². The third kappa shape index (κ3) is 1.72. The van der Waals surface area contributed by atoms with E-state index in [1.165, 1.54) is 12.1 Å². The van der Waals surface area contributed by atoms with E-state index in [2.05, 4.69) is 9.69 Å². The molecule has 70 valence electrons. The van der Waals surface area contributed by atoms with Crippen LogP contribution >= 0.6 is 0 Å². The summed E-state index contributed by atoms with van der Waals surface area (Å²) in [5.41, 5.74) is -0.430. The number of hydrogen-bond donors (Lipinski definition) is 1. The average Bonchev–Trinajstić information content (AvgIpc) is 2.15. The van der Waals surface area contributed by atoms with Crippen molar-refractivity contribution in [2.45, 2.75) is 4.90 Å². The molecule has 1 aromatic carbocycles. The average molecular weight is 208 g/mol. The minimum atomic E-state index is -4.44. The van der Waals surface area contributed by atoms with E-state index in [0.717, 1.165) is 6.07 Å². The number of para-hydroxylation sites is 1. The molecule has 0 atom stereocenters. The summed E-state index contributed by atoms with van der Waals surface area (Å²) >= 11 is 0. The van der Waals surface area contributed by atoms with Crippen LogP contribution in [0.3, 0.4) is 0 Å². The van der Waals surface area contributed by atoms with Crippen molar-refractivity contribution in [3.63, 3.8) is 0 Å². The zero-order valence-corrected chi connectivity index (χ0v) is 7.61. The second kappa shape index (κ2) is 3.46. The van der Waals surface area contributed by atoms with Crippen molar-refractivity contribution in [1.29, 1.82) is 0 Å². The summed E-state index contributed by atoms with van der Waals surface area (Å²) < 4.78 is 30.3. The Balaban J connectivity index is 3.66. The highest BCUT2D eigenvalue weighted by atomic mass is 32.2. The number of nitrogens with zero attached hydrogens (tertiary/aromatic N) is 2. The Hall–Kier alpha value is -1.89. The zero-order chi connectivity index (χ0) is 10.8. The van der Waals surface area contributed by atoms with Gasteiger partial charge in [0.15, 0.2) is 5.69 Å². The van der Waals surface area contributed by atoms with Crippen LogP contribution < -0.4 is 0 Å². The van der Waals surface area contributed by atoms with Gasteiger partial charge >= 0.3 is 0 Å². The first-order valence-electron chi connectivity index (χ1n) is 3.36. The molecule has 0 saturated carbocycles. The molecule has 0 spiro atoms. The molecule has 0 aliphatic rings. The van der Waals surface area contributed by atoms with Gasteiger partial charge in [-0.05, 0) is 0 Å². The topological polar surface area (TPSA) is 63.1 Å². The third-order valence-corrected chi connectivity index (χ3v) is 2.37. The third-order valence-electron chi connectivity index (χ3n) is 1.49. The fourth-order valence-electron chi connectivity index (χ4n) is 0.921. The lowest BCUT2D eigenvalue weighted by Crippen LogP contribution is -1.97. The minimum absolute atomic E-state index is 0.0878. The van der Waals surface area contributed by atoms with Crippen molar-refractivity contribution >= 4 is 21.5 Å². The summed E-state index contributed by atoms with van der Waals surface area (Å²) in [5, 5.41) is 0. The van der Waals surface area contributed by atoms with Gasteiger partial charge in [-0.25, -0.2) is 4.85 Å².